The summed E-state index contributed by atoms with van der Waals surface area (Å²) < 4.78 is 28.6. The van der Waals surface area contributed by atoms with Crippen LogP contribution in [0.5, 0.6) is 0 Å². The first kappa shape index (κ1) is 14.9. The average Bonchev–Trinajstić information content (AvgIpc) is 2.94. The van der Waals surface area contributed by atoms with E-state index in [9.17, 15) is 18.4 Å². The normalized spacial score (nSPS) is 28.1. The van der Waals surface area contributed by atoms with Crippen molar-refractivity contribution in [3.63, 3.8) is 0 Å². The molecular weight excluding hydrogens is 290 g/mol. The smallest absolute Gasteiger partial charge is 0.325 e. The fourth-order valence-corrected chi connectivity index (χ4v) is 2.95. The number of amides is 1. The van der Waals surface area contributed by atoms with E-state index in [1.807, 2.05) is 0 Å². The SMILES string of the molecule is COC(=O)CNC(=O)C1=NOC2CN([S+](C)(=O)[O-])CC12. The van der Waals surface area contributed by atoms with Crippen LogP contribution >= 0.6 is 0 Å². The highest BCUT2D eigenvalue weighted by molar-refractivity contribution is 7.94. The number of carbonyl (C=O) groups excluding carboxylic acids is 2. The van der Waals surface area contributed by atoms with Gasteiger partial charge in [0.25, 0.3) is 5.91 Å². The number of ether oxygens (including phenoxy) is 1. The summed E-state index contributed by atoms with van der Waals surface area (Å²) in [6.07, 6.45) is 0.644. The highest BCUT2D eigenvalue weighted by Gasteiger charge is 2.49. The van der Waals surface area contributed by atoms with E-state index < -0.39 is 34.3 Å². The molecule has 1 N–H and O–H groups in total. The molecule has 0 radical (unpaired) electrons. The Bertz CT molecular complexity index is 501. The van der Waals surface area contributed by atoms with Crippen molar-refractivity contribution in [1.82, 2.24) is 9.62 Å². The van der Waals surface area contributed by atoms with Crippen LogP contribution in [0.15, 0.2) is 5.16 Å². The van der Waals surface area contributed by atoms with Crippen LogP contribution in [0, 0.1) is 5.92 Å². The van der Waals surface area contributed by atoms with Crippen LogP contribution in [0.3, 0.4) is 0 Å². The lowest BCUT2D eigenvalue weighted by molar-refractivity contribution is -0.140. The lowest BCUT2D eigenvalue weighted by Gasteiger charge is -2.19. The van der Waals surface area contributed by atoms with Crippen molar-refractivity contribution >= 4 is 28.0 Å². The summed E-state index contributed by atoms with van der Waals surface area (Å²) in [5.74, 6) is -1.56. The second kappa shape index (κ2) is 5.46. The van der Waals surface area contributed by atoms with E-state index in [1.54, 1.807) is 0 Å². The molecule has 112 valence electrons. The number of rotatable bonds is 4. The summed E-state index contributed by atoms with van der Waals surface area (Å²) in [6, 6.07) is 0. The Morgan fingerprint density at radius 2 is 2.30 bits per heavy atom. The van der Waals surface area contributed by atoms with Gasteiger partial charge in [0.15, 0.2) is 11.8 Å². The zero-order chi connectivity index (χ0) is 14.9. The van der Waals surface area contributed by atoms with Crippen LogP contribution in [0.4, 0.5) is 0 Å². The van der Waals surface area contributed by atoms with Gasteiger partial charge in [-0.25, -0.2) is 0 Å². The molecule has 2 aliphatic heterocycles. The molecule has 10 heteroatoms. The summed E-state index contributed by atoms with van der Waals surface area (Å²) >= 11 is 0. The molecule has 0 aromatic heterocycles. The van der Waals surface area contributed by atoms with Crippen molar-refractivity contribution in [3.8, 4) is 0 Å². The van der Waals surface area contributed by atoms with E-state index in [4.69, 9.17) is 4.84 Å². The summed E-state index contributed by atoms with van der Waals surface area (Å²) in [6.45, 7) is 0.0380. The van der Waals surface area contributed by atoms with E-state index >= 15 is 0 Å². The van der Waals surface area contributed by atoms with Crippen molar-refractivity contribution < 1.29 is 27.9 Å². The summed E-state index contributed by atoms with van der Waals surface area (Å²) in [5, 5.41) is 6.02. The Morgan fingerprint density at radius 3 is 2.90 bits per heavy atom. The number of methoxy groups -OCH3 is 1. The molecule has 0 bridgehead atoms. The van der Waals surface area contributed by atoms with Crippen molar-refractivity contribution in [2.24, 2.45) is 11.1 Å². The molecule has 0 spiro atoms. The molecule has 20 heavy (non-hydrogen) atoms. The first-order chi connectivity index (χ1) is 9.32. The monoisotopic (exact) mass is 305 g/mol. The Kier molecular flexibility index (Phi) is 4.06. The minimum absolute atomic E-state index is 0.102. The number of fused-ring (bicyclic) bond motifs is 1. The van der Waals surface area contributed by atoms with E-state index in [-0.39, 0.29) is 25.3 Å². The maximum absolute atomic E-state index is 11.9. The van der Waals surface area contributed by atoms with Crippen molar-refractivity contribution in [2.45, 2.75) is 6.10 Å². The zero-order valence-corrected chi connectivity index (χ0v) is 11.8. The van der Waals surface area contributed by atoms with Crippen LogP contribution in [0.25, 0.3) is 0 Å². The highest BCUT2D eigenvalue weighted by Crippen LogP contribution is 2.29. The second-order valence-corrected chi connectivity index (χ2v) is 6.55. The van der Waals surface area contributed by atoms with Gasteiger partial charge in [-0.1, -0.05) is 9.36 Å². The van der Waals surface area contributed by atoms with Crippen LogP contribution in [-0.2, 0) is 33.8 Å². The van der Waals surface area contributed by atoms with Gasteiger partial charge in [-0.3, -0.25) is 9.59 Å². The topological polar surface area (TPSA) is 120 Å². The van der Waals surface area contributed by atoms with E-state index in [2.05, 4.69) is 15.2 Å². The summed E-state index contributed by atoms with van der Waals surface area (Å²) in [5.41, 5.74) is 0.102. The van der Waals surface area contributed by atoms with Gasteiger partial charge in [0.1, 0.15) is 23.2 Å². The number of hydrogen-bond acceptors (Lipinski definition) is 7. The van der Waals surface area contributed by atoms with Crippen LogP contribution < -0.4 is 5.32 Å². The summed E-state index contributed by atoms with van der Waals surface area (Å²) in [7, 11) is -2.12. The molecule has 2 rings (SSSR count). The van der Waals surface area contributed by atoms with E-state index in [1.165, 1.54) is 11.4 Å². The van der Waals surface area contributed by atoms with Crippen LogP contribution in [-0.4, -0.2) is 65.5 Å². The minimum Gasteiger partial charge on any atom is -0.598 e. The van der Waals surface area contributed by atoms with Crippen LogP contribution in [0.2, 0.25) is 0 Å². The van der Waals surface area contributed by atoms with Gasteiger partial charge in [-0.15, -0.1) is 4.31 Å². The predicted molar refractivity (Wildman–Crippen MR) is 67.1 cm³/mol. The third-order valence-corrected chi connectivity index (χ3v) is 4.43. The van der Waals surface area contributed by atoms with Crippen molar-refractivity contribution in [1.29, 1.82) is 0 Å². The molecule has 1 amide bonds. The quantitative estimate of drug-likeness (QED) is 0.480. The van der Waals surface area contributed by atoms with Crippen molar-refractivity contribution in [3.05, 3.63) is 0 Å². The number of carbonyl (C=O) groups is 2. The van der Waals surface area contributed by atoms with Crippen LogP contribution in [0.1, 0.15) is 0 Å². The lowest BCUT2D eigenvalue weighted by Crippen LogP contribution is -2.40. The molecule has 9 nitrogen and oxygen atoms in total. The van der Waals surface area contributed by atoms with Crippen molar-refractivity contribution in [2.75, 3.05) is 33.0 Å². The molecule has 1 fully saturated rings. The third kappa shape index (κ3) is 2.97. The van der Waals surface area contributed by atoms with Gasteiger partial charge in [-0.05, 0) is 0 Å². The molecule has 1 saturated heterocycles. The largest absolute Gasteiger partial charge is 0.598 e. The summed E-state index contributed by atoms with van der Waals surface area (Å²) in [4.78, 5) is 27.9. The number of sulfonamides is 1. The second-order valence-electron chi connectivity index (χ2n) is 4.57. The van der Waals surface area contributed by atoms with E-state index in [0.29, 0.717) is 0 Å². The number of nitrogens with one attached hydrogen (secondary N) is 1. The number of oxime groups is 1. The molecular formula is C10H15N3O6S. The Morgan fingerprint density at radius 1 is 1.60 bits per heavy atom. The lowest BCUT2D eigenvalue weighted by atomic mass is 10.0. The van der Waals surface area contributed by atoms with Gasteiger partial charge in [0, 0.05) is 0 Å². The molecule has 3 atom stereocenters. The Balaban J connectivity index is 1.96. The first-order valence-corrected chi connectivity index (χ1v) is 7.71. The molecule has 0 aliphatic carbocycles. The zero-order valence-electron chi connectivity index (χ0n) is 11.0. The number of esters is 1. The van der Waals surface area contributed by atoms with Gasteiger partial charge < -0.3 is 19.4 Å². The Hall–Kier alpha value is -1.52. The van der Waals surface area contributed by atoms with E-state index in [0.717, 1.165) is 6.26 Å². The Labute approximate surface area is 116 Å². The number of hydrogen-bond donors (Lipinski definition) is 1. The van der Waals surface area contributed by atoms with Gasteiger partial charge in [0.2, 0.25) is 0 Å². The average molecular weight is 305 g/mol. The molecule has 2 aliphatic rings. The third-order valence-electron chi connectivity index (χ3n) is 3.19. The number of nitrogens with zero attached hydrogens (tertiary/aromatic N) is 2. The molecule has 0 aromatic carbocycles. The molecule has 3 unspecified atom stereocenters. The highest BCUT2D eigenvalue weighted by atomic mass is 32.3. The minimum atomic E-state index is -3.33. The standard InChI is InChI=1S/C10H15N3O6S/c1-18-8(14)3-11-10(15)9-6-4-13(20(2,16)17)5-7(6)19-12-9/h6-7H,3-5H2,1-2H3,(H-,11,15,16,17). The first-order valence-electron chi connectivity index (χ1n) is 5.86. The van der Waals surface area contributed by atoms with Gasteiger partial charge >= 0.3 is 5.97 Å². The fraction of sp³-hybridized carbons (Fsp3) is 0.700. The van der Waals surface area contributed by atoms with Gasteiger partial charge in [0.05, 0.1) is 26.1 Å². The maximum Gasteiger partial charge on any atom is 0.325 e. The molecule has 0 saturated carbocycles. The molecule has 0 aromatic rings. The van der Waals surface area contributed by atoms with Gasteiger partial charge in [-0.2, -0.15) is 0 Å². The predicted octanol–water partition coefficient (Wildman–Crippen LogP) is -1.86. The molecule has 2 heterocycles. The fourth-order valence-electron chi connectivity index (χ4n) is 2.10. The maximum atomic E-state index is 11.9.